The minimum absolute atomic E-state index is 0.0496. The molecule has 2 aromatic carbocycles. The second-order valence-electron chi connectivity index (χ2n) is 4.12. The SMILES string of the molecule is CCS(=O)(=O)Nc1c[c]c(Oc2ccc(F)cc2F)cc1. The van der Waals surface area contributed by atoms with E-state index in [0.717, 1.165) is 12.1 Å². The minimum Gasteiger partial charge on any atom is -0.454 e. The van der Waals surface area contributed by atoms with E-state index in [1.807, 2.05) is 0 Å². The second kappa shape index (κ2) is 6.09. The highest BCUT2D eigenvalue weighted by Gasteiger charge is 2.08. The van der Waals surface area contributed by atoms with E-state index in [0.29, 0.717) is 11.8 Å². The van der Waals surface area contributed by atoms with Gasteiger partial charge in [-0.2, -0.15) is 0 Å². The molecule has 0 aliphatic heterocycles. The van der Waals surface area contributed by atoms with E-state index < -0.39 is 21.7 Å². The first kappa shape index (κ1) is 15.2. The predicted octanol–water partition coefficient (Wildman–Crippen LogP) is 3.32. The largest absolute Gasteiger partial charge is 0.454 e. The van der Waals surface area contributed by atoms with E-state index in [4.69, 9.17) is 4.74 Å². The molecule has 7 heteroatoms. The van der Waals surface area contributed by atoms with Gasteiger partial charge in [0.25, 0.3) is 0 Å². The summed E-state index contributed by atoms with van der Waals surface area (Å²) in [7, 11) is -3.37. The fraction of sp³-hybridized carbons (Fsp3) is 0.143. The lowest BCUT2D eigenvalue weighted by molar-refractivity contribution is 0.437. The van der Waals surface area contributed by atoms with E-state index >= 15 is 0 Å². The van der Waals surface area contributed by atoms with Crippen molar-refractivity contribution in [3.63, 3.8) is 0 Å². The molecule has 0 atom stereocenters. The molecular weight excluding hydrogens is 300 g/mol. The van der Waals surface area contributed by atoms with Crippen molar-refractivity contribution in [2.24, 2.45) is 0 Å². The minimum atomic E-state index is -3.37. The summed E-state index contributed by atoms with van der Waals surface area (Å²) in [5, 5.41) is 0. The van der Waals surface area contributed by atoms with Crippen molar-refractivity contribution >= 4 is 15.7 Å². The van der Waals surface area contributed by atoms with Crippen LogP contribution < -0.4 is 9.46 Å². The number of nitrogens with one attached hydrogen (secondary N) is 1. The fourth-order valence-electron chi connectivity index (χ4n) is 1.47. The van der Waals surface area contributed by atoms with Gasteiger partial charge in [0.2, 0.25) is 10.0 Å². The Morgan fingerprint density at radius 3 is 2.57 bits per heavy atom. The van der Waals surface area contributed by atoms with Crippen LogP contribution in [0.3, 0.4) is 0 Å². The van der Waals surface area contributed by atoms with Gasteiger partial charge in [-0.25, -0.2) is 17.2 Å². The summed E-state index contributed by atoms with van der Waals surface area (Å²) in [5.41, 5.74) is 0.323. The van der Waals surface area contributed by atoms with Gasteiger partial charge in [-0.3, -0.25) is 4.72 Å². The lowest BCUT2D eigenvalue weighted by Crippen LogP contribution is -2.14. The van der Waals surface area contributed by atoms with Gasteiger partial charge in [-0.1, -0.05) is 0 Å². The van der Waals surface area contributed by atoms with Gasteiger partial charge in [-0.05, 0) is 37.3 Å². The van der Waals surface area contributed by atoms with Crippen molar-refractivity contribution in [3.8, 4) is 11.5 Å². The van der Waals surface area contributed by atoms with Crippen LogP contribution in [-0.2, 0) is 10.0 Å². The van der Waals surface area contributed by atoms with Gasteiger partial charge in [0, 0.05) is 17.8 Å². The van der Waals surface area contributed by atoms with Gasteiger partial charge in [-0.15, -0.1) is 0 Å². The van der Waals surface area contributed by atoms with Crippen molar-refractivity contribution in [1.29, 1.82) is 0 Å². The normalized spacial score (nSPS) is 11.2. The molecule has 0 aliphatic rings. The molecule has 1 radical (unpaired) electrons. The highest BCUT2D eigenvalue weighted by molar-refractivity contribution is 7.92. The molecule has 0 saturated carbocycles. The zero-order chi connectivity index (χ0) is 15.5. The van der Waals surface area contributed by atoms with Crippen LogP contribution in [0.4, 0.5) is 14.5 Å². The Labute approximate surface area is 121 Å². The van der Waals surface area contributed by atoms with Gasteiger partial charge >= 0.3 is 0 Å². The molecule has 0 unspecified atom stereocenters. The van der Waals surface area contributed by atoms with Crippen LogP contribution in [0, 0.1) is 17.7 Å². The lowest BCUT2D eigenvalue weighted by atomic mass is 10.3. The Bertz CT molecular complexity index is 730. The van der Waals surface area contributed by atoms with Gasteiger partial charge in [0.1, 0.15) is 11.6 Å². The predicted molar refractivity (Wildman–Crippen MR) is 74.8 cm³/mol. The summed E-state index contributed by atoms with van der Waals surface area (Å²) in [6.45, 7) is 1.51. The van der Waals surface area contributed by atoms with Crippen molar-refractivity contribution in [1.82, 2.24) is 0 Å². The Kier molecular flexibility index (Phi) is 4.42. The third kappa shape index (κ3) is 4.16. The fourth-order valence-corrected chi connectivity index (χ4v) is 2.10. The molecule has 2 aromatic rings. The molecule has 0 saturated heterocycles. The van der Waals surface area contributed by atoms with Crippen molar-refractivity contribution < 1.29 is 21.9 Å². The molecule has 1 N–H and O–H groups in total. The van der Waals surface area contributed by atoms with Crippen LogP contribution in [0.25, 0.3) is 0 Å². The second-order valence-corrected chi connectivity index (χ2v) is 6.13. The monoisotopic (exact) mass is 312 g/mol. The van der Waals surface area contributed by atoms with Crippen LogP contribution in [0.15, 0.2) is 36.4 Å². The Morgan fingerprint density at radius 1 is 1.24 bits per heavy atom. The van der Waals surface area contributed by atoms with E-state index in [-0.39, 0.29) is 17.3 Å². The number of sulfonamides is 1. The molecule has 4 nitrogen and oxygen atoms in total. The van der Waals surface area contributed by atoms with Crippen LogP contribution in [0.5, 0.6) is 11.5 Å². The quantitative estimate of drug-likeness (QED) is 0.921. The third-order valence-corrected chi connectivity index (χ3v) is 3.86. The van der Waals surface area contributed by atoms with Gasteiger partial charge in [0.05, 0.1) is 5.75 Å². The highest BCUT2D eigenvalue weighted by atomic mass is 32.2. The summed E-state index contributed by atoms with van der Waals surface area (Å²) < 4.78 is 56.5. The number of hydrogen-bond acceptors (Lipinski definition) is 3. The average Bonchev–Trinajstić information content (AvgIpc) is 2.44. The van der Waals surface area contributed by atoms with Crippen molar-refractivity contribution in [2.45, 2.75) is 6.92 Å². The van der Waals surface area contributed by atoms with E-state index in [2.05, 4.69) is 10.8 Å². The van der Waals surface area contributed by atoms with Gasteiger partial charge < -0.3 is 4.74 Å². The average molecular weight is 312 g/mol. The molecule has 111 valence electrons. The topological polar surface area (TPSA) is 55.4 Å². The van der Waals surface area contributed by atoms with Crippen LogP contribution in [0.1, 0.15) is 6.92 Å². The zero-order valence-corrected chi connectivity index (χ0v) is 11.9. The molecule has 0 amide bonds. The number of hydrogen-bond donors (Lipinski definition) is 1. The molecule has 21 heavy (non-hydrogen) atoms. The van der Waals surface area contributed by atoms with Crippen molar-refractivity contribution in [3.05, 3.63) is 54.1 Å². The van der Waals surface area contributed by atoms with Crippen molar-refractivity contribution in [2.75, 3.05) is 10.5 Å². The number of halogens is 2. The van der Waals surface area contributed by atoms with E-state index in [9.17, 15) is 17.2 Å². The number of benzene rings is 2. The first-order chi connectivity index (χ1) is 9.89. The standard InChI is InChI=1S/C14H12F2NO3S/c1-2-21(18,19)17-11-4-6-12(7-5-11)20-14-8-3-10(15)9-13(14)16/h3-6,8-9,17H,2H2,1H3. The summed E-state index contributed by atoms with van der Waals surface area (Å²) in [6.07, 6.45) is 0. The first-order valence-corrected chi connectivity index (χ1v) is 7.70. The zero-order valence-electron chi connectivity index (χ0n) is 11.1. The molecule has 0 aromatic heterocycles. The summed E-state index contributed by atoms with van der Waals surface area (Å²) in [4.78, 5) is 0. The maximum Gasteiger partial charge on any atom is 0.232 e. The molecule has 2 rings (SSSR count). The summed E-state index contributed by atoms with van der Waals surface area (Å²) >= 11 is 0. The molecule has 0 heterocycles. The maximum atomic E-state index is 13.4. The Balaban J connectivity index is 2.12. The lowest BCUT2D eigenvalue weighted by Gasteiger charge is -2.08. The van der Waals surface area contributed by atoms with E-state index in [1.54, 1.807) is 0 Å². The molecule has 0 bridgehead atoms. The van der Waals surface area contributed by atoms with Crippen LogP contribution in [-0.4, -0.2) is 14.2 Å². The molecule has 0 fully saturated rings. The number of ether oxygens (including phenoxy) is 1. The number of anilines is 1. The third-order valence-electron chi connectivity index (χ3n) is 2.55. The van der Waals surface area contributed by atoms with E-state index in [1.165, 1.54) is 25.1 Å². The smallest absolute Gasteiger partial charge is 0.232 e. The Hall–Kier alpha value is -2.15. The number of rotatable bonds is 5. The molecule has 0 aliphatic carbocycles. The molecule has 0 spiro atoms. The van der Waals surface area contributed by atoms with Crippen LogP contribution in [0.2, 0.25) is 0 Å². The Morgan fingerprint density at radius 2 is 2.00 bits per heavy atom. The first-order valence-electron chi connectivity index (χ1n) is 6.05. The summed E-state index contributed by atoms with van der Waals surface area (Å²) in [6, 6.07) is 9.85. The summed E-state index contributed by atoms with van der Waals surface area (Å²) in [5.74, 6) is -1.55. The maximum absolute atomic E-state index is 13.4. The highest BCUT2D eigenvalue weighted by Crippen LogP contribution is 2.25. The molecular formula is C14H12F2NO3S. The van der Waals surface area contributed by atoms with Crippen LogP contribution >= 0.6 is 0 Å². The van der Waals surface area contributed by atoms with Gasteiger partial charge in [0.15, 0.2) is 11.6 Å².